The zero-order valence-corrected chi connectivity index (χ0v) is 10.4. The Morgan fingerprint density at radius 1 is 1.29 bits per heavy atom. The molecule has 0 aromatic heterocycles. The van der Waals surface area contributed by atoms with Crippen LogP contribution in [0.15, 0.2) is 24.3 Å². The molecule has 1 saturated heterocycles. The van der Waals surface area contributed by atoms with E-state index >= 15 is 0 Å². The van der Waals surface area contributed by atoms with Gasteiger partial charge in [-0.05, 0) is 32.4 Å². The zero-order valence-electron chi connectivity index (χ0n) is 10.4. The molecule has 0 saturated carbocycles. The molecule has 1 fully saturated rings. The third-order valence-corrected chi connectivity index (χ3v) is 3.64. The van der Waals surface area contributed by atoms with Crippen molar-refractivity contribution >= 4 is 5.97 Å². The fraction of sp³-hybridized carbons (Fsp3) is 0.500. The second-order valence-electron chi connectivity index (χ2n) is 4.98. The van der Waals surface area contributed by atoms with Crippen LogP contribution >= 0.6 is 0 Å². The lowest BCUT2D eigenvalue weighted by Gasteiger charge is -2.36. The van der Waals surface area contributed by atoms with Gasteiger partial charge in [0, 0.05) is 12.6 Å². The van der Waals surface area contributed by atoms with Crippen molar-refractivity contribution in [1.29, 1.82) is 0 Å². The summed E-state index contributed by atoms with van der Waals surface area (Å²) in [6.45, 7) is 2.72. The highest BCUT2D eigenvalue weighted by molar-refractivity contribution is 5.70. The van der Waals surface area contributed by atoms with Gasteiger partial charge in [0.25, 0.3) is 0 Å². The normalized spacial score (nSPS) is 25.8. The average Bonchev–Trinajstić information content (AvgIpc) is 2.30. The molecule has 1 N–H and O–H groups in total. The number of nitrogens with zero attached hydrogens (tertiary/aromatic N) is 1. The van der Waals surface area contributed by atoms with Crippen LogP contribution in [-0.2, 0) is 4.79 Å². The van der Waals surface area contributed by atoms with Gasteiger partial charge in [-0.25, -0.2) is 0 Å². The fourth-order valence-electron chi connectivity index (χ4n) is 2.56. The molecule has 3 heteroatoms. The number of piperidine rings is 1. The largest absolute Gasteiger partial charge is 0.481 e. The molecule has 3 nitrogen and oxygen atoms in total. The van der Waals surface area contributed by atoms with Crippen LogP contribution in [0.1, 0.15) is 30.0 Å². The third-order valence-electron chi connectivity index (χ3n) is 3.64. The summed E-state index contributed by atoms with van der Waals surface area (Å²) in [7, 11) is 2.01. The number of hydrogen-bond acceptors (Lipinski definition) is 2. The number of aliphatic carboxylic acids is 1. The SMILES string of the molecule is Cc1ccc(C2CCC(C(=O)O)CN2C)cc1. The molecule has 2 unspecified atom stereocenters. The smallest absolute Gasteiger partial charge is 0.307 e. The Hall–Kier alpha value is -1.35. The van der Waals surface area contributed by atoms with E-state index in [1.54, 1.807) is 0 Å². The first-order chi connectivity index (χ1) is 8.08. The van der Waals surface area contributed by atoms with Crippen molar-refractivity contribution < 1.29 is 9.90 Å². The maximum Gasteiger partial charge on any atom is 0.307 e. The van der Waals surface area contributed by atoms with Gasteiger partial charge in [-0.1, -0.05) is 29.8 Å². The Balaban J connectivity index is 2.09. The molecule has 1 aromatic carbocycles. The van der Waals surface area contributed by atoms with Gasteiger partial charge in [0.2, 0.25) is 0 Å². The molecular formula is C14H19NO2. The summed E-state index contributed by atoms with van der Waals surface area (Å²) < 4.78 is 0. The van der Waals surface area contributed by atoms with E-state index in [1.807, 2.05) is 7.05 Å². The van der Waals surface area contributed by atoms with Gasteiger partial charge in [-0.15, -0.1) is 0 Å². The summed E-state index contributed by atoms with van der Waals surface area (Å²) in [5.41, 5.74) is 2.55. The second kappa shape index (κ2) is 4.88. The monoisotopic (exact) mass is 233 g/mol. The van der Waals surface area contributed by atoms with E-state index in [2.05, 4.69) is 36.1 Å². The molecule has 0 radical (unpaired) electrons. The molecule has 1 heterocycles. The number of benzene rings is 1. The summed E-state index contributed by atoms with van der Waals surface area (Å²) in [4.78, 5) is 13.1. The topological polar surface area (TPSA) is 40.5 Å². The zero-order chi connectivity index (χ0) is 12.4. The highest BCUT2D eigenvalue weighted by Gasteiger charge is 2.30. The molecule has 0 bridgehead atoms. The Kier molecular flexibility index (Phi) is 3.48. The van der Waals surface area contributed by atoms with Crippen molar-refractivity contribution in [3.63, 3.8) is 0 Å². The molecule has 2 atom stereocenters. The molecule has 2 rings (SSSR count). The summed E-state index contributed by atoms with van der Waals surface area (Å²) >= 11 is 0. The summed E-state index contributed by atoms with van der Waals surface area (Å²) in [6.07, 6.45) is 1.70. The standard InChI is InChI=1S/C14H19NO2/c1-10-3-5-11(6-4-10)13-8-7-12(14(16)17)9-15(13)2/h3-6,12-13H,7-9H2,1-2H3,(H,16,17). The minimum Gasteiger partial charge on any atom is -0.481 e. The van der Waals surface area contributed by atoms with Crippen molar-refractivity contribution in [3.8, 4) is 0 Å². The van der Waals surface area contributed by atoms with Crippen LogP contribution in [0, 0.1) is 12.8 Å². The number of likely N-dealkylation sites (tertiary alicyclic amines) is 1. The van der Waals surface area contributed by atoms with E-state index in [1.165, 1.54) is 11.1 Å². The predicted octanol–water partition coefficient (Wildman–Crippen LogP) is 2.46. The van der Waals surface area contributed by atoms with Crippen LogP contribution in [0.5, 0.6) is 0 Å². The maximum atomic E-state index is 11.0. The van der Waals surface area contributed by atoms with Gasteiger partial charge in [-0.2, -0.15) is 0 Å². The van der Waals surface area contributed by atoms with Crippen molar-refractivity contribution in [1.82, 2.24) is 4.90 Å². The lowest BCUT2D eigenvalue weighted by atomic mass is 9.89. The van der Waals surface area contributed by atoms with Crippen LogP contribution in [0.4, 0.5) is 0 Å². The number of carboxylic acids is 1. The lowest BCUT2D eigenvalue weighted by molar-refractivity contribution is -0.144. The number of aryl methyl sites for hydroxylation is 1. The van der Waals surface area contributed by atoms with Gasteiger partial charge >= 0.3 is 5.97 Å². The second-order valence-corrected chi connectivity index (χ2v) is 4.98. The molecule has 0 aliphatic carbocycles. The Morgan fingerprint density at radius 3 is 2.47 bits per heavy atom. The maximum absolute atomic E-state index is 11.0. The van der Waals surface area contributed by atoms with E-state index in [4.69, 9.17) is 5.11 Å². The molecule has 92 valence electrons. The van der Waals surface area contributed by atoms with Crippen LogP contribution in [0.3, 0.4) is 0 Å². The van der Waals surface area contributed by atoms with Gasteiger partial charge < -0.3 is 5.11 Å². The van der Waals surface area contributed by atoms with Crippen LogP contribution < -0.4 is 0 Å². The van der Waals surface area contributed by atoms with Crippen molar-refractivity contribution in [2.75, 3.05) is 13.6 Å². The van der Waals surface area contributed by atoms with Crippen molar-refractivity contribution in [3.05, 3.63) is 35.4 Å². The van der Waals surface area contributed by atoms with Crippen LogP contribution in [0.25, 0.3) is 0 Å². The molecule has 0 spiro atoms. The van der Waals surface area contributed by atoms with Crippen LogP contribution in [0.2, 0.25) is 0 Å². The van der Waals surface area contributed by atoms with E-state index in [0.29, 0.717) is 12.6 Å². The summed E-state index contributed by atoms with van der Waals surface area (Å²) in [6, 6.07) is 8.90. The highest BCUT2D eigenvalue weighted by atomic mass is 16.4. The van der Waals surface area contributed by atoms with Crippen molar-refractivity contribution in [2.45, 2.75) is 25.8 Å². The van der Waals surface area contributed by atoms with Gasteiger partial charge in [0.15, 0.2) is 0 Å². The summed E-state index contributed by atoms with van der Waals surface area (Å²) in [5.74, 6) is -0.874. The number of hydrogen-bond donors (Lipinski definition) is 1. The summed E-state index contributed by atoms with van der Waals surface area (Å²) in [5, 5.41) is 9.02. The number of rotatable bonds is 2. The molecule has 1 aliphatic heterocycles. The first-order valence-corrected chi connectivity index (χ1v) is 6.07. The average molecular weight is 233 g/mol. The highest BCUT2D eigenvalue weighted by Crippen LogP contribution is 2.32. The predicted molar refractivity (Wildman–Crippen MR) is 66.9 cm³/mol. The quantitative estimate of drug-likeness (QED) is 0.853. The lowest BCUT2D eigenvalue weighted by Crippen LogP contribution is -2.38. The third kappa shape index (κ3) is 2.67. The number of carboxylic acid groups (broad SMARTS) is 1. The van der Waals surface area contributed by atoms with Crippen molar-refractivity contribution in [2.24, 2.45) is 5.92 Å². The first-order valence-electron chi connectivity index (χ1n) is 6.07. The molecule has 1 aromatic rings. The van der Waals surface area contributed by atoms with Gasteiger partial charge in [0.1, 0.15) is 0 Å². The molecule has 0 amide bonds. The molecule has 1 aliphatic rings. The fourth-order valence-corrected chi connectivity index (χ4v) is 2.56. The first kappa shape index (κ1) is 12.1. The van der Waals surface area contributed by atoms with E-state index < -0.39 is 5.97 Å². The minimum absolute atomic E-state index is 0.207. The minimum atomic E-state index is -0.667. The number of carbonyl (C=O) groups is 1. The van der Waals surface area contributed by atoms with Crippen LogP contribution in [-0.4, -0.2) is 29.6 Å². The Morgan fingerprint density at radius 2 is 1.94 bits per heavy atom. The van der Waals surface area contributed by atoms with E-state index in [9.17, 15) is 4.79 Å². The Bertz CT molecular complexity index is 399. The van der Waals surface area contributed by atoms with E-state index in [-0.39, 0.29) is 5.92 Å². The Labute approximate surface area is 102 Å². The molecule has 17 heavy (non-hydrogen) atoms. The van der Waals surface area contributed by atoms with Gasteiger partial charge in [-0.3, -0.25) is 9.69 Å². The van der Waals surface area contributed by atoms with E-state index in [0.717, 1.165) is 12.8 Å². The van der Waals surface area contributed by atoms with Gasteiger partial charge in [0.05, 0.1) is 5.92 Å². The molecular weight excluding hydrogens is 214 g/mol.